The Bertz CT molecular complexity index is 630. The first-order chi connectivity index (χ1) is 12.0. The van der Waals surface area contributed by atoms with Crippen molar-refractivity contribution >= 4 is 11.8 Å². The predicted molar refractivity (Wildman–Crippen MR) is 96.3 cm³/mol. The van der Waals surface area contributed by atoms with Gasteiger partial charge in [0.1, 0.15) is 0 Å². The van der Waals surface area contributed by atoms with Crippen LogP contribution in [0.4, 0.5) is 0 Å². The standard InChI is InChI=1S/C20H28N2O3/c1-15-6-2-3-7-17(15)19(24)21-16-8-12-22(13-9-16)18(23)14-20(25)10-4-5-11-20/h2-3,6-7,16,25H,4-5,8-14H2,1H3,(H,21,24). The molecule has 136 valence electrons. The second kappa shape index (κ2) is 7.56. The number of piperidine rings is 1. The number of nitrogens with one attached hydrogen (secondary N) is 1. The lowest BCUT2D eigenvalue weighted by atomic mass is 9.96. The Balaban J connectivity index is 1.48. The molecule has 1 aromatic rings. The molecule has 5 nitrogen and oxygen atoms in total. The van der Waals surface area contributed by atoms with Gasteiger partial charge in [0.2, 0.25) is 5.91 Å². The molecule has 2 amide bonds. The SMILES string of the molecule is Cc1ccccc1C(=O)NC1CCN(C(=O)CC2(O)CCCC2)CC1. The number of aliphatic hydroxyl groups is 1. The van der Waals surface area contributed by atoms with Gasteiger partial charge in [-0.3, -0.25) is 9.59 Å². The molecule has 25 heavy (non-hydrogen) atoms. The summed E-state index contributed by atoms with van der Waals surface area (Å²) in [5.41, 5.74) is 0.898. The molecule has 1 aliphatic heterocycles. The number of rotatable bonds is 4. The summed E-state index contributed by atoms with van der Waals surface area (Å²) < 4.78 is 0. The van der Waals surface area contributed by atoms with E-state index >= 15 is 0 Å². The van der Waals surface area contributed by atoms with E-state index in [-0.39, 0.29) is 24.3 Å². The first kappa shape index (κ1) is 17.9. The van der Waals surface area contributed by atoms with Gasteiger partial charge in [-0.1, -0.05) is 31.0 Å². The lowest BCUT2D eigenvalue weighted by molar-refractivity contribution is -0.137. The molecule has 2 aliphatic rings. The quantitative estimate of drug-likeness (QED) is 0.881. The maximum atomic E-state index is 12.4. The van der Waals surface area contributed by atoms with Crippen LogP contribution >= 0.6 is 0 Å². The Morgan fingerprint density at radius 1 is 1.20 bits per heavy atom. The zero-order valence-corrected chi connectivity index (χ0v) is 15.0. The molecule has 2 fully saturated rings. The maximum Gasteiger partial charge on any atom is 0.251 e. The second-order valence-electron chi connectivity index (χ2n) is 7.55. The first-order valence-corrected chi connectivity index (χ1v) is 9.33. The molecule has 0 spiro atoms. The minimum Gasteiger partial charge on any atom is -0.389 e. The van der Waals surface area contributed by atoms with Gasteiger partial charge in [0.15, 0.2) is 0 Å². The number of likely N-dealkylation sites (tertiary alicyclic amines) is 1. The van der Waals surface area contributed by atoms with Crippen molar-refractivity contribution < 1.29 is 14.7 Å². The van der Waals surface area contributed by atoms with Crippen LogP contribution in [0.1, 0.15) is 60.9 Å². The number of amides is 2. The number of nitrogens with zero attached hydrogens (tertiary/aromatic N) is 1. The van der Waals surface area contributed by atoms with E-state index in [0.29, 0.717) is 18.7 Å². The smallest absolute Gasteiger partial charge is 0.251 e. The fourth-order valence-electron chi connectivity index (χ4n) is 3.97. The van der Waals surface area contributed by atoms with Gasteiger partial charge < -0.3 is 15.3 Å². The summed E-state index contributed by atoms with van der Waals surface area (Å²) in [4.78, 5) is 26.7. The zero-order chi connectivity index (χ0) is 17.9. The summed E-state index contributed by atoms with van der Waals surface area (Å²) in [5.74, 6) is 0.0104. The molecule has 0 unspecified atom stereocenters. The number of carbonyl (C=O) groups excluding carboxylic acids is 2. The third-order valence-electron chi connectivity index (χ3n) is 5.59. The van der Waals surface area contributed by atoms with Crippen LogP contribution in [0.2, 0.25) is 0 Å². The van der Waals surface area contributed by atoms with Crippen LogP contribution in [0.25, 0.3) is 0 Å². The Morgan fingerprint density at radius 3 is 2.48 bits per heavy atom. The molecule has 1 heterocycles. The molecule has 1 saturated carbocycles. The molecule has 0 bridgehead atoms. The van der Waals surface area contributed by atoms with E-state index in [2.05, 4.69) is 5.32 Å². The largest absolute Gasteiger partial charge is 0.389 e. The third-order valence-corrected chi connectivity index (χ3v) is 5.59. The third kappa shape index (κ3) is 4.40. The Morgan fingerprint density at radius 2 is 1.84 bits per heavy atom. The fourth-order valence-corrected chi connectivity index (χ4v) is 3.97. The van der Waals surface area contributed by atoms with Gasteiger partial charge in [-0.25, -0.2) is 0 Å². The highest BCUT2D eigenvalue weighted by atomic mass is 16.3. The minimum atomic E-state index is -0.785. The summed E-state index contributed by atoms with van der Waals surface area (Å²) in [6.45, 7) is 3.23. The molecule has 5 heteroatoms. The van der Waals surface area contributed by atoms with Crippen molar-refractivity contribution in [2.75, 3.05) is 13.1 Å². The zero-order valence-electron chi connectivity index (χ0n) is 15.0. The number of hydrogen-bond donors (Lipinski definition) is 2. The summed E-state index contributed by atoms with van der Waals surface area (Å²) in [5, 5.41) is 13.5. The highest BCUT2D eigenvalue weighted by Gasteiger charge is 2.35. The maximum absolute atomic E-state index is 12.4. The van der Waals surface area contributed by atoms with E-state index in [1.807, 2.05) is 36.1 Å². The first-order valence-electron chi connectivity index (χ1n) is 9.33. The number of aryl methyl sites for hydroxylation is 1. The topological polar surface area (TPSA) is 69.6 Å². The van der Waals surface area contributed by atoms with Crippen LogP contribution in [0, 0.1) is 6.92 Å². The van der Waals surface area contributed by atoms with Gasteiger partial charge in [0, 0.05) is 24.7 Å². The average Bonchev–Trinajstić information content (AvgIpc) is 3.02. The van der Waals surface area contributed by atoms with E-state index in [1.54, 1.807) is 0 Å². The fraction of sp³-hybridized carbons (Fsp3) is 0.600. The molecule has 2 N–H and O–H groups in total. The van der Waals surface area contributed by atoms with Crippen molar-refractivity contribution in [1.82, 2.24) is 10.2 Å². The molecule has 1 aromatic carbocycles. The summed E-state index contributed by atoms with van der Waals surface area (Å²) in [6.07, 6.45) is 5.27. The van der Waals surface area contributed by atoms with Gasteiger partial charge in [-0.05, 0) is 44.2 Å². The number of carbonyl (C=O) groups is 2. The molecule has 0 atom stereocenters. The number of hydrogen-bond acceptors (Lipinski definition) is 3. The molecule has 0 aromatic heterocycles. The highest BCUT2D eigenvalue weighted by molar-refractivity contribution is 5.95. The summed E-state index contributed by atoms with van der Waals surface area (Å²) >= 11 is 0. The minimum absolute atomic E-state index is 0.0388. The van der Waals surface area contributed by atoms with Crippen molar-refractivity contribution in [3.63, 3.8) is 0 Å². The summed E-state index contributed by atoms with van der Waals surface area (Å²) in [6, 6.07) is 7.67. The second-order valence-corrected chi connectivity index (χ2v) is 7.55. The van der Waals surface area contributed by atoms with Crippen LogP contribution in [0.15, 0.2) is 24.3 Å². The number of benzene rings is 1. The van der Waals surface area contributed by atoms with Crippen molar-refractivity contribution in [2.24, 2.45) is 0 Å². The van der Waals surface area contributed by atoms with Gasteiger partial charge in [0.25, 0.3) is 5.91 Å². The molecular weight excluding hydrogens is 316 g/mol. The lowest BCUT2D eigenvalue weighted by Crippen LogP contribution is -2.48. The van der Waals surface area contributed by atoms with Crippen LogP contribution in [0.5, 0.6) is 0 Å². The van der Waals surface area contributed by atoms with Crippen molar-refractivity contribution in [2.45, 2.75) is 63.5 Å². The normalized spacial score (nSPS) is 20.5. The Kier molecular flexibility index (Phi) is 5.42. The van der Waals surface area contributed by atoms with Crippen molar-refractivity contribution in [1.29, 1.82) is 0 Å². The Hall–Kier alpha value is -1.88. The van der Waals surface area contributed by atoms with Crippen LogP contribution in [0.3, 0.4) is 0 Å². The van der Waals surface area contributed by atoms with Crippen LogP contribution in [-0.4, -0.2) is 46.6 Å². The van der Waals surface area contributed by atoms with E-state index in [1.165, 1.54) is 0 Å². The monoisotopic (exact) mass is 344 g/mol. The molecule has 1 saturated heterocycles. The van der Waals surface area contributed by atoms with Gasteiger partial charge in [0.05, 0.1) is 12.0 Å². The van der Waals surface area contributed by atoms with Crippen LogP contribution in [-0.2, 0) is 4.79 Å². The van der Waals surface area contributed by atoms with Crippen molar-refractivity contribution in [3.05, 3.63) is 35.4 Å². The highest BCUT2D eigenvalue weighted by Crippen LogP contribution is 2.33. The molecule has 0 radical (unpaired) electrons. The predicted octanol–water partition coefficient (Wildman–Crippen LogP) is 2.41. The van der Waals surface area contributed by atoms with E-state index in [0.717, 1.165) is 44.1 Å². The van der Waals surface area contributed by atoms with E-state index < -0.39 is 5.60 Å². The molecule has 1 aliphatic carbocycles. The van der Waals surface area contributed by atoms with Crippen LogP contribution < -0.4 is 5.32 Å². The van der Waals surface area contributed by atoms with Gasteiger partial charge in [-0.2, -0.15) is 0 Å². The summed E-state index contributed by atoms with van der Waals surface area (Å²) in [7, 11) is 0. The average molecular weight is 344 g/mol. The Labute approximate surface area is 149 Å². The lowest BCUT2D eigenvalue weighted by Gasteiger charge is -2.34. The molecule has 3 rings (SSSR count). The van der Waals surface area contributed by atoms with E-state index in [4.69, 9.17) is 0 Å². The van der Waals surface area contributed by atoms with Gasteiger partial charge >= 0.3 is 0 Å². The van der Waals surface area contributed by atoms with E-state index in [9.17, 15) is 14.7 Å². The molecular formula is C20H28N2O3. The van der Waals surface area contributed by atoms with Gasteiger partial charge in [-0.15, -0.1) is 0 Å². The van der Waals surface area contributed by atoms with Crippen molar-refractivity contribution in [3.8, 4) is 0 Å².